The third-order valence-electron chi connectivity index (χ3n) is 6.29. The SMILES string of the molecule is Cc1cc(C(c2ccc(Cl)cc2)(C(F)(F)F)P(=O)(c2ccccc2)c2ccccc2)cc(C)c1O. The minimum absolute atomic E-state index is 0.0712. The molecule has 0 radical (unpaired) electrons. The van der Waals surface area contributed by atoms with Crippen LogP contribution >= 0.6 is 18.7 Å². The summed E-state index contributed by atoms with van der Waals surface area (Å²) in [5.74, 6) is -0.102. The summed E-state index contributed by atoms with van der Waals surface area (Å²) in [4.78, 5) is 0. The summed E-state index contributed by atoms with van der Waals surface area (Å²) in [5, 5.41) is 7.82. The number of alkyl halides is 3. The normalized spacial score (nSPS) is 13.9. The Bertz CT molecular complexity index is 1320. The average molecular weight is 515 g/mol. The molecule has 0 aliphatic rings. The number of hydrogen-bond donors (Lipinski definition) is 1. The van der Waals surface area contributed by atoms with Gasteiger partial charge in [-0.15, -0.1) is 0 Å². The number of phenolic OH excluding ortho intramolecular Hbond substituents is 1. The van der Waals surface area contributed by atoms with Gasteiger partial charge in [0.15, 0.2) is 12.3 Å². The van der Waals surface area contributed by atoms with Crippen LogP contribution in [-0.4, -0.2) is 11.3 Å². The highest BCUT2D eigenvalue weighted by atomic mass is 35.5. The standard InChI is InChI=1S/C28H23ClF3O2P/c1-19-17-22(18-20(2)26(19)33)27(28(30,31)32,21-13-15-23(29)16-14-21)35(34,24-9-5-3-6-10-24)25-11-7-4-8-12-25/h3-18,33H,1-2H3. The summed E-state index contributed by atoms with van der Waals surface area (Å²) < 4.78 is 62.9. The van der Waals surface area contributed by atoms with E-state index in [1.54, 1.807) is 36.4 Å². The Balaban J connectivity index is 2.29. The molecule has 1 N–H and O–H groups in total. The van der Waals surface area contributed by atoms with Gasteiger partial charge in [0, 0.05) is 15.6 Å². The van der Waals surface area contributed by atoms with Gasteiger partial charge in [0.2, 0.25) is 0 Å². The lowest BCUT2D eigenvalue weighted by molar-refractivity contribution is -0.154. The van der Waals surface area contributed by atoms with Crippen LogP contribution in [0.1, 0.15) is 22.3 Å². The zero-order valence-electron chi connectivity index (χ0n) is 19.1. The van der Waals surface area contributed by atoms with Crippen molar-refractivity contribution in [2.24, 2.45) is 0 Å². The Morgan fingerprint density at radius 1 is 0.714 bits per heavy atom. The lowest BCUT2D eigenvalue weighted by atomic mass is 9.87. The first-order valence-electron chi connectivity index (χ1n) is 10.9. The molecule has 0 bridgehead atoms. The maximum absolute atomic E-state index is 15.8. The molecule has 2 nitrogen and oxygen atoms in total. The first-order chi connectivity index (χ1) is 16.5. The van der Waals surface area contributed by atoms with Gasteiger partial charge in [-0.1, -0.05) is 96.5 Å². The molecule has 4 aromatic carbocycles. The molecule has 0 aliphatic carbocycles. The van der Waals surface area contributed by atoms with Crippen LogP contribution in [0.3, 0.4) is 0 Å². The minimum atomic E-state index is -5.00. The number of aromatic hydroxyl groups is 1. The maximum atomic E-state index is 15.8. The summed E-state index contributed by atoms with van der Waals surface area (Å²) in [6.45, 7) is 3.07. The fourth-order valence-electron chi connectivity index (χ4n) is 4.70. The lowest BCUT2D eigenvalue weighted by Crippen LogP contribution is -2.48. The van der Waals surface area contributed by atoms with Gasteiger partial charge in [-0.2, -0.15) is 13.2 Å². The topological polar surface area (TPSA) is 37.3 Å². The molecule has 0 saturated carbocycles. The van der Waals surface area contributed by atoms with E-state index in [1.165, 1.54) is 74.5 Å². The molecule has 0 amide bonds. The van der Waals surface area contributed by atoms with Gasteiger partial charge in [-0.05, 0) is 48.2 Å². The van der Waals surface area contributed by atoms with Crippen molar-refractivity contribution in [1.82, 2.24) is 0 Å². The Kier molecular flexibility index (Phi) is 6.61. The third-order valence-corrected chi connectivity index (χ3v) is 10.3. The Hall–Kier alpha value is -3.01. The molecule has 0 spiro atoms. The maximum Gasteiger partial charge on any atom is 0.409 e. The van der Waals surface area contributed by atoms with Crippen LogP contribution in [0.25, 0.3) is 0 Å². The second-order valence-electron chi connectivity index (χ2n) is 8.45. The van der Waals surface area contributed by atoms with Crippen molar-refractivity contribution in [3.63, 3.8) is 0 Å². The summed E-state index contributed by atoms with van der Waals surface area (Å²) >= 11 is 6.06. The monoisotopic (exact) mass is 514 g/mol. The number of benzene rings is 4. The zero-order valence-corrected chi connectivity index (χ0v) is 20.7. The van der Waals surface area contributed by atoms with Crippen LogP contribution in [-0.2, 0) is 9.72 Å². The molecule has 0 saturated heterocycles. The molecule has 180 valence electrons. The van der Waals surface area contributed by atoms with Crippen molar-refractivity contribution in [2.45, 2.75) is 25.2 Å². The smallest absolute Gasteiger partial charge is 0.409 e. The summed E-state index contributed by atoms with van der Waals surface area (Å²) in [6.07, 6.45) is -5.00. The van der Waals surface area contributed by atoms with E-state index in [4.69, 9.17) is 11.6 Å². The van der Waals surface area contributed by atoms with E-state index in [0.29, 0.717) is 0 Å². The average Bonchev–Trinajstić information content (AvgIpc) is 2.84. The highest BCUT2D eigenvalue weighted by Gasteiger charge is 2.68. The molecule has 7 heteroatoms. The van der Waals surface area contributed by atoms with Crippen molar-refractivity contribution in [2.75, 3.05) is 0 Å². The van der Waals surface area contributed by atoms with Crippen molar-refractivity contribution in [3.05, 3.63) is 124 Å². The van der Waals surface area contributed by atoms with E-state index in [0.717, 1.165) is 0 Å². The Labute approximate surface area is 207 Å². The zero-order chi connectivity index (χ0) is 25.4. The molecular weight excluding hydrogens is 492 g/mol. The molecule has 0 aliphatic heterocycles. The minimum Gasteiger partial charge on any atom is -0.507 e. The first-order valence-corrected chi connectivity index (χ1v) is 13.0. The number of halogens is 4. The predicted octanol–water partition coefficient (Wildman–Crippen LogP) is 7.48. The number of aryl methyl sites for hydroxylation is 2. The molecule has 1 atom stereocenters. The van der Waals surface area contributed by atoms with Gasteiger partial charge in [0.1, 0.15) is 5.75 Å². The van der Waals surface area contributed by atoms with Gasteiger partial charge in [0.25, 0.3) is 0 Å². The van der Waals surface area contributed by atoms with Gasteiger partial charge < -0.3 is 9.67 Å². The van der Waals surface area contributed by atoms with Gasteiger partial charge in [0.05, 0.1) is 0 Å². The predicted molar refractivity (Wildman–Crippen MR) is 136 cm³/mol. The number of hydrogen-bond acceptors (Lipinski definition) is 2. The fourth-order valence-corrected chi connectivity index (χ4v) is 8.45. The van der Waals surface area contributed by atoms with Gasteiger partial charge in [-0.25, -0.2) is 0 Å². The van der Waals surface area contributed by atoms with Crippen LogP contribution in [0.15, 0.2) is 97.1 Å². The molecule has 1 unspecified atom stereocenters. The molecular formula is C28H23ClF3O2P. The first kappa shape index (κ1) is 25.1. The van der Waals surface area contributed by atoms with Crippen molar-refractivity contribution in [3.8, 4) is 5.75 Å². The summed E-state index contributed by atoms with van der Waals surface area (Å²) in [5.41, 5.74) is 0.108. The number of phenols is 1. The molecule has 35 heavy (non-hydrogen) atoms. The van der Waals surface area contributed by atoms with Crippen molar-refractivity contribution < 1.29 is 22.8 Å². The van der Waals surface area contributed by atoms with E-state index >= 15 is 17.7 Å². The van der Waals surface area contributed by atoms with Crippen LogP contribution in [0.4, 0.5) is 13.2 Å². The van der Waals surface area contributed by atoms with E-state index in [9.17, 15) is 5.11 Å². The highest BCUT2D eigenvalue weighted by Crippen LogP contribution is 2.71. The van der Waals surface area contributed by atoms with E-state index in [1.807, 2.05) is 0 Å². The molecule has 4 rings (SSSR count). The van der Waals surface area contributed by atoms with Crippen LogP contribution in [0.2, 0.25) is 5.02 Å². The molecule has 4 aromatic rings. The second-order valence-corrected chi connectivity index (χ2v) is 11.8. The Morgan fingerprint density at radius 3 is 1.54 bits per heavy atom. The molecule has 0 heterocycles. The number of rotatable bonds is 5. The van der Waals surface area contributed by atoms with Gasteiger partial charge in [-0.3, -0.25) is 0 Å². The molecule has 0 aromatic heterocycles. The van der Waals surface area contributed by atoms with Crippen LogP contribution < -0.4 is 10.6 Å². The van der Waals surface area contributed by atoms with Crippen molar-refractivity contribution >= 4 is 29.4 Å². The largest absolute Gasteiger partial charge is 0.507 e. The second kappa shape index (κ2) is 9.22. The molecule has 0 fully saturated rings. The van der Waals surface area contributed by atoms with Crippen LogP contribution in [0.5, 0.6) is 5.75 Å². The van der Waals surface area contributed by atoms with Crippen LogP contribution in [0, 0.1) is 13.8 Å². The third kappa shape index (κ3) is 3.97. The summed E-state index contributed by atoms with van der Waals surface area (Å²) in [7, 11) is -4.55. The Morgan fingerprint density at radius 2 is 1.14 bits per heavy atom. The fraction of sp³-hybridized carbons (Fsp3) is 0.143. The summed E-state index contributed by atoms with van der Waals surface area (Å²) in [6, 6.07) is 23.5. The quantitative estimate of drug-likeness (QED) is 0.280. The van der Waals surface area contributed by atoms with Gasteiger partial charge >= 0.3 is 6.18 Å². The van der Waals surface area contributed by atoms with E-state index in [-0.39, 0.29) is 43.6 Å². The van der Waals surface area contributed by atoms with E-state index < -0.39 is 18.5 Å². The van der Waals surface area contributed by atoms with Crippen molar-refractivity contribution in [1.29, 1.82) is 0 Å². The lowest BCUT2D eigenvalue weighted by Gasteiger charge is -2.43. The highest BCUT2D eigenvalue weighted by molar-refractivity contribution is 7.80. The van der Waals surface area contributed by atoms with E-state index in [2.05, 4.69) is 0 Å².